The van der Waals surface area contributed by atoms with Crippen LogP contribution in [-0.2, 0) is 6.54 Å². The van der Waals surface area contributed by atoms with Crippen LogP contribution in [0.1, 0.15) is 16.1 Å². The van der Waals surface area contributed by atoms with Crippen molar-refractivity contribution in [2.45, 2.75) is 13.5 Å². The van der Waals surface area contributed by atoms with Gasteiger partial charge in [0.1, 0.15) is 6.67 Å². The lowest BCUT2D eigenvalue weighted by Gasteiger charge is -2.36. The molecule has 0 amide bonds. The Hall–Kier alpha value is -3.49. The highest BCUT2D eigenvalue weighted by Gasteiger charge is 2.17. The van der Waals surface area contributed by atoms with E-state index in [2.05, 4.69) is 91.7 Å². The molecule has 0 spiro atoms. The molecular weight excluding hydrogens is 454 g/mol. The van der Waals surface area contributed by atoms with Crippen LogP contribution in [0.2, 0.25) is 0 Å². The Bertz CT molecular complexity index is 1140. The van der Waals surface area contributed by atoms with E-state index < -0.39 is 0 Å². The summed E-state index contributed by atoms with van der Waals surface area (Å²) in [5.74, 6) is 0. The molecule has 4 rings (SSSR count). The number of nitrogens with zero attached hydrogens (tertiary/aromatic N) is 5. The van der Waals surface area contributed by atoms with Gasteiger partial charge in [0.25, 0.3) is 0 Å². The molecule has 1 aliphatic rings. The number of benzene rings is 2. The molecule has 0 saturated carbocycles. The van der Waals surface area contributed by atoms with Crippen molar-refractivity contribution >= 4 is 40.3 Å². The van der Waals surface area contributed by atoms with Gasteiger partial charge in [-0.2, -0.15) is 0 Å². The molecule has 0 unspecified atom stereocenters. The van der Waals surface area contributed by atoms with Crippen molar-refractivity contribution < 1.29 is 0 Å². The average Bonchev–Trinajstić information content (AvgIpc) is 3.28. The van der Waals surface area contributed by atoms with Crippen LogP contribution in [0.15, 0.2) is 76.9 Å². The molecule has 1 fully saturated rings. The summed E-state index contributed by atoms with van der Waals surface area (Å²) >= 11 is 1.58. The van der Waals surface area contributed by atoms with Gasteiger partial charge >= 0.3 is 0 Å². The molecule has 1 aromatic heterocycles. The molecule has 35 heavy (non-hydrogen) atoms. The number of hydrogen-bond acceptors (Lipinski definition) is 8. The summed E-state index contributed by atoms with van der Waals surface area (Å²) < 4.78 is 0. The zero-order chi connectivity index (χ0) is 24.5. The average molecular weight is 488 g/mol. The SMILES string of the molecule is C=N/C=C\C(=NCNc1ccc(N2CCN(Cc3ccccc3)CC2)cc1)c1sc(NC)nc1C. The lowest BCUT2D eigenvalue weighted by Crippen LogP contribution is -2.45. The Labute approximate surface area is 211 Å². The minimum atomic E-state index is 0.459. The van der Waals surface area contributed by atoms with E-state index >= 15 is 0 Å². The van der Waals surface area contributed by atoms with E-state index in [1.54, 1.807) is 17.5 Å². The van der Waals surface area contributed by atoms with Gasteiger partial charge in [0.05, 0.1) is 16.3 Å². The van der Waals surface area contributed by atoms with Crippen molar-refractivity contribution in [2.75, 3.05) is 55.4 Å². The Kier molecular flexibility index (Phi) is 8.64. The van der Waals surface area contributed by atoms with Crippen molar-refractivity contribution in [3.8, 4) is 0 Å². The van der Waals surface area contributed by atoms with Crippen LogP contribution >= 0.6 is 11.3 Å². The quantitative estimate of drug-likeness (QED) is 0.399. The maximum absolute atomic E-state index is 4.75. The summed E-state index contributed by atoms with van der Waals surface area (Å²) in [6.07, 6.45) is 3.53. The summed E-state index contributed by atoms with van der Waals surface area (Å²) in [5, 5.41) is 7.37. The minimum absolute atomic E-state index is 0.459. The Morgan fingerprint density at radius 3 is 2.49 bits per heavy atom. The number of aliphatic imine (C=N–C) groups is 2. The predicted octanol–water partition coefficient (Wildman–Crippen LogP) is 4.89. The van der Waals surface area contributed by atoms with Gasteiger partial charge in [0.15, 0.2) is 5.13 Å². The maximum atomic E-state index is 4.75. The third-order valence-electron chi connectivity index (χ3n) is 5.97. The molecule has 0 radical (unpaired) electrons. The fourth-order valence-electron chi connectivity index (χ4n) is 4.08. The third-order valence-corrected chi connectivity index (χ3v) is 7.16. The molecule has 0 atom stereocenters. The number of piperazine rings is 1. The van der Waals surface area contributed by atoms with Crippen molar-refractivity contribution in [2.24, 2.45) is 9.98 Å². The number of anilines is 3. The third kappa shape index (κ3) is 6.77. The number of rotatable bonds is 10. The van der Waals surface area contributed by atoms with Crippen LogP contribution in [0.5, 0.6) is 0 Å². The Balaban J connectivity index is 1.31. The monoisotopic (exact) mass is 487 g/mol. The fourth-order valence-corrected chi connectivity index (χ4v) is 4.98. The van der Waals surface area contributed by atoms with Crippen LogP contribution in [-0.4, -0.2) is 62.2 Å². The molecule has 1 saturated heterocycles. The highest BCUT2D eigenvalue weighted by Crippen LogP contribution is 2.24. The van der Waals surface area contributed by atoms with Gasteiger partial charge in [-0.1, -0.05) is 41.7 Å². The van der Waals surface area contributed by atoms with Crippen LogP contribution < -0.4 is 15.5 Å². The molecule has 8 heteroatoms. The zero-order valence-corrected chi connectivity index (χ0v) is 21.3. The van der Waals surface area contributed by atoms with Crippen molar-refractivity contribution in [3.05, 3.63) is 83.0 Å². The van der Waals surface area contributed by atoms with Crippen molar-refractivity contribution in [3.63, 3.8) is 0 Å². The molecule has 1 aliphatic heterocycles. The smallest absolute Gasteiger partial charge is 0.183 e. The molecule has 2 N–H and O–H groups in total. The number of aromatic nitrogens is 1. The highest BCUT2D eigenvalue weighted by molar-refractivity contribution is 7.17. The fraction of sp³-hybridized carbons (Fsp3) is 0.296. The molecule has 0 bridgehead atoms. The van der Waals surface area contributed by atoms with Crippen LogP contribution in [0, 0.1) is 6.92 Å². The Morgan fingerprint density at radius 1 is 1.09 bits per heavy atom. The number of thiazole rings is 1. The molecule has 3 aromatic rings. The second kappa shape index (κ2) is 12.3. The van der Waals surface area contributed by atoms with Gasteiger partial charge in [0.2, 0.25) is 0 Å². The second-order valence-electron chi connectivity index (χ2n) is 8.36. The normalized spacial score (nSPS) is 14.9. The number of aryl methyl sites for hydroxylation is 1. The highest BCUT2D eigenvalue weighted by atomic mass is 32.1. The number of allylic oxidation sites excluding steroid dienone is 1. The van der Waals surface area contributed by atoms with Gasteiger partial charge in [0, 0.05) is 57.3 Å². The van der Waals surface area contributed by atoms with Crippen LogP contribution in [0.4, 0.5) is 16.5 Å². The first-order valence-electron chi connectivity index (χ1n) is 11.8. The Morgan fingerprint density at radius 2 is 1.83 bits per heavy atom. The second-order valence-corrected chi connectivity index (χ2v) is 9.35. The van der Waals surface area contributed by atoms with E-state index in [-0.39, 0.29) is 0 Å². The lowest BCUT2D eigenvalue weighted by atomic mass is 10.2. The largest absolute Gasteiger partial charge is 0.369 e. The predicted molar refractivity (Wildman–Crippen MR) is 150 cm³/mol. The van der Waals surface area contributed by atoms with Crippen molar-refractivity contribution in [1.82, 2.24) is 9.88 Å². The standard InChI is InChI=1S/C27H33N7S/c1-21-26(35-27(29-3)32-21)25(13-14-28-2)31-20-30-23-9-11-24(12-10-23)34-17-15-33(16-18-34)19-22-7-5-4-6-8-22/h4-14,30H,2,15-20H2,1,3H3,(H,29,32)/b14-13-,31-25?. The van der Waals surface area contributed by atoms with E-state index in [4.69, 9.17) is 4.99 Å². The van der Waals surface area contributed by atoms with Gasteiger partial charge in [-0.25, -0.2) is 4.98 Å². The summed E-state index contributed by atoms with van der Waals surface area (Å²) in [4.78, 5) is 19.1. The van der Waals surface area contributed by atoms with E-state index in [9.17, 15) is 0 Å². The molecular formula is C27H33N7S. The van der Waals surface area contributed by atoms with E-state index in [1.807, 2.05) is 20.0 Å². The summed E-state index contributed by atoms with van der Waals surface area (Å²) in [7, 11) is 1.87. The first-order chi connectivity index (χ1) is 17.2. The molecule has 2 aromatic carbocycles. The molecule has 7 nitrogen and oxygen atoms in total. The molecule has 0 aliphatic carbocycles. The zero-order valence-electron chi connectivity index (χ0n) is 20.4. The number of nitrogens with one attached hydrogen (secondary N) is 2. The van der Waals surface area contributed by atoms with Gasteiger partial charge < -0.3 is 15.5 Å². The minimum Gasteiger partial charge on any atom is -0.369 e. The van der Waals surface area contributed by atoms with E-state index in [1.165, 1.54) is 11.3 Å². The lowest BCUT2D eigenvalue weighted by molar-refractivity contribution is 0.250. The molecule has 182 valence electrons. The summed E-state index contributed by atoms with van der Waals surface area (Å²) in [6, 6.07) is 19.3. The maximum Gasteiger partial charge on any atom is 0.183 e. The van der Waals surface area contributed by atoms with Gasteiger partial charge in [-0.15, -0.1) is 0 Å². The van der Waals surface area contributed by atoms with E-state index in [0.717, 1.165) is 59.8 Å². The topological polar surface area (TPSA) is 68.2 Å². The molecule has 2 heterocycles. The van der Waals surface area contributed by atoms with Crippen molar-refractivity contribution in [1.29, 1.82) is 0 Å². The van der Waals surface area contributed by atoms with Crippen LogP contribution in [0.3, 0.4) is 0 Å². The first kappa shape index (κ1) is 24.6. The summed E-state index contributed by atoms with van der Waals surface area (Å²) in [5.41, 5.74) is 5.47. The van der Waals surface area contributed by atoms with Gasteiger partial charge in [-0.3, -0.25) is 14.9 Å². The number of hydrogen-bond donors (Lipinski definition) is 2. The van der Waals surface area contributed by atoms with Crippen LogP contribution in [0.25, 0.3) is 0 Å². The first-order valence-corrected chi connectivity index (χ1v) is 12.7. The van der Waals surface area contributed by atoms with E-state index in [0.29, 0.717) is 6.67 Å². The van der Waals surface area contributed by atoms with Gasteiger partial charge in [-0.05, 0) is 49.5 Å². The summed E-state index contributed by atoms with van der Waals surface area (Å²) in [6.45, 7) is 11.2.